The highest BCUT2D eigenvalue weighted by atomic mass is 79.9. The summed E-state index contributed by atoms with van der Waals surface area (Å²) in [5.74, 6) is 0.442. The van der Waals surface area contributed by atoms with Gasteiger partial charge in [0.25, 0.3) is 5.91 Å². The SMILES string of the molecule is CC1CCCCN1C(=O)c1ccc2oc(-c3cc(Cl)cc(Cl)c3Br)nc2c1. The predicted octanol–water partition coefficient (Wildman–Crippen LogP) is 6.58. The summed E-state index contributed by atoms with van der Waals surface area (Å²) in [7, 11) is 0. The number of hydrogen-bond acceptors (Lipinski definition) is 3. The van der Waals surface area contributed by atoms with Crippen molar-refractivity contribution in [2.75, 3.05) is 6.54 Å². The number of likely N-dealkylation sites (tertiary alicyclic amines) is 1. The van der Waals surface area contributed by atoms with E-state index in [1.165, 1.54) is 6.42 Å². The maximum Gasteiger partial charge on any atom is 0.254 e. The summed E-state index contributed by atoms with van der Waals surface area (Å²) in [6.45, 7) is 2.90. The maximum atomic E-state index is 12.9. The van der Waals surface area contributed by atoms with E-state index in [0.717, 1.165) is 19.4 Å². The minimum Gasteiger partial charge on any atom is -0.436 e. The molecule has 3 aromatic rings. The minimum atomic E-state index is 0.0423. The first-order valence-corrected chi connectivity index (χ1v) is 10.4. The van der Waals surface area contributed by atoms with E-state index >= 15 is 0 Å². The number of benzene rings is 2. The van der Waals surface area contributed by atoms with Crippen molar-refractivity contribution in [2.24, 2.45) is 0 Å². The molecule has 1 unspecified atom stereocenters. The molecular weight excluding hydrogens is 451 g/mol. The highest BCUT2D eigenvalue weighted by molar-refractivity contribution is 9.10. The Labute approximate surface area is 175 Å². The number of nitrogens with zero attached hydrogens (tertiary/aromatic N) is 2. The van der Waals surface area contributed by atoms with E-state index in [2.05, 4.69) is 27.8 Å². The topological polar surface area (TPSA) is 46.3 Å². The second-order valence-corrected chi connectivity index (χ2v) is 8.43. The van der Waals surface area contributed by atoms with E-state index in [1.807, 2.05) is 4.90 Å². The molecule has 2 aromatic carbocycles. The molecule has 27 heavy (non-hydrogen) atoms. The average Bonchev–Trinajstić information content (AvgIpc) is 3.07. The zero-order valence-electron chi connectivity index (χ0n) is 14.6. The van der Waals surface area contributed by atoms with Crippen LogP contribution in [0.1, 0.15) is 36.5 Å². The lowest BCUT2D eigenvalue weighted by Gasteiger charge is -2.33. The molecule has 140 valence electrons. The molecule has 1 amide bonds. The molecule has 2 heterocycles. The summed E-state index contributed by atoms with van der Waals surface area (Å²) in [4.78, 5) is 19.4. The number of hydrogen-bond donors (Lipinski definition) is 0. The molecule has 4 rings (SSSR count). The van der Waals surface area contributed by atoms with Crippen LogP contribution < -0.4 is 0 Å². The highest BCUT2D eigenvalue weighted by Gasteiger charge is 2.25. The number of aromatic nitrogens is 1. The van der Waals surface area contributed by atoms with Crippen molar-refractivity contribution >= 4 is 56.1 Å². The number of oxazole rings is 1. The van der Waals surface area contributed by atoms with Crippen LogP contribution in [0.3, 0.4) is 0 Å². The smallest absolute Gasteiger partial charge is 0.254 e. The highest BCUT2D eigenvalue weighted by Crippen LogP contribution is 2.37. The van der Waals surface area contributed by atoms with Gasteiger partial charge >= 0.3 is 0 Å². The Hall–Kier alpha value is -1.56. The number of halogens is 3. The summed E-state index contributed by atoms with van der Waals surface area (Å²) in [6.07, 6.45) is 3.27. The number of fused-ring (bicyclic) bond motifs is 1. The summed E-state index contributed by atoms with van der Waals surface area (Å²) in [6, 6.07) is 9.01. The molecule has 1 aliphatic rings. The van der Waals surface area contributed by atoms with Crippen molar-refractivity contribution in [2.45, 2.75) is 32.2 Å². The zero-order valence-corrected chi connectivity index (χ0v) is 17.7. The minimum absolute atomic E-state index is 0.0423. The van der Waals surface area contributed by atoms with Gasteiger partial charge in [0, 0.05) is 27.6 Å². The van der Waals surface area contributed by atoms with Crippen LogP contribution in [0.2, 0.25) is 10.0 Å². The van der Waals surface area contributed by atoms with Gasteiger partial charge < -0.3 is 9.32 Å². The standard InChI is InChI=1S/C20H17BrCl2N2O2/c1-11-4-2-3-7-25(11)20(26)12-5-6-17-16(8-12)24-19(27-17)14-9-13(22)10-15(23)18(14)21/h5-6,8-11H,2-4,7H2,1H3. The monoisotopic (exact) mass is 466 g/mol. The van der Waals surface area contributed by atoms with Gasteiger partial charge in [0.05, 0.1) is 10.6 Å². The van der Waals surface area contributed by atoms with Crippen LogP contribution >= 0.6 is 39.1 Å². The van der Waals surface area contributed by atoms with Gasteiger partial charge in [-0.25, -0.2) is 4.98 Å². The van der Waals surface area contributed by atoms with Crippen LogP contribution in [-0.2, 0) is 0 Å². The summed E-state index contributed by atoms with van der Waals surface area (Å²) < 4.78 is 6.53. The molecule has 1 atom stereocenters. The lowest BCUT2D eigenvalue weighted by atomic mass is 10.0. The maximum absolute atomic E-state index is 12.9. The van der Waals surface area contributed by atoms with Crippen molar-refractivity contribution in [1.82, 2.24) is 9.88 Å². The Morgan fingerprint density at radius 1 is 1.26 bits per heavy atom. The molecule has 4 nitrogen and oxygen atoms in total. The van der Waals surface area contributed by atoms with Gasteiger partial charge in [0.2, 0.25) is 5.89 Å². The van der Waals surface area contributed by atoms with Crippen molar-refractivity contribution < 1.29 is 9.21 Å². The summed E-state index contributed by atoms with van der Waals surface area (Å²) in [5.41, 5.74) is 2.53. The van der Waals surface area contributed by atoms with E-state index in [9.17, 15) is 4.79 Å². The van der Waals surface area contributed by atoms with E-state index < -0.39 is 0 Å². The third kappa shape index (κ3) is 3.60. The Kier molecular flexibility index (Phi) is 5.19. The van der Waals surface area contributed by atoms with E-state index in [0.29, 0.717) is 42.6 Å². The molecule has 0 spiro atoms. The molecular formula is C20H17BrCl2N2O2. The Bertz CT molecular complexity index is 1030. The average molecular weight is 468 g/mol. The third-order valence-corrected chi connectivity index (χ3v) is 6.52. The largest absolute Gasteiger partial charge is 0.436 e. The van der Waals surface area contributed by atoms with Crippen molar-refractivity contribution in [3.8, 4) is 11.5 Å². The molecule has 0 saturated carbocycles. The molecule has 0 bridgehead atoms. The van der Waals surface area contributed by atoms with E-state index in [-0.39, 0.29) is 11.9 Å². The number of carbonyl (C=O) groups excluding carboxylic acids is 1. The fourth-order valence-corrected chi connectivity index (χ4v) is 4.34. The van der Waals surface area contributed by atoms with Gasteiger partial charge in [-0.3, -0.25) is 4.79 Å². The normalized spacial score (nSPS) is 17.5. The first kappa shape index (κ1) is 18.8. The first-order valence-electron chi connectivity index (χ1n) is 8.80. The quantitative estimate of drug-likeness (QED) is 0.400. The fourth-order valence-electron chi connectivity index (χ4n) is 3.45. The first-order chi connectivity index (χ1) is 12.9. The molecule has 1 fully saturated rings. The van der Waals surface area contributed by atoms with Crippen LogP contribution in [0.15, 0.2) is 39.2 Å². The van der Waals surface area contributed by atoms with Gasteiger partial charge in [0.1, 0.15) is 5.52 Å². The van der Waals surface area contributed by atoms with Gasteiger partial charge in [-0.15, -0.1) is 0 Å². The van der Waals surface area contributed by atoms with Crippen molar-refractivity contribution in [3.05, 3.63) is 50.4 Å². The second kappa shape index (κ2) is 7.46. The van der Waals surface area contributed by atoms with Crippen LogP contribution in [0.4, 0.5) is 0 Å². The fraction of sp³-hybridized carbons (Fsp3) is 0.300. The third-order valence-electron chi connectivity index (χ3n) is 4.92. The Balaban J connectivity index is 1.71. The lowest BCUT2D eigenvalue weighted by Crippen LogP contribution is -2.42. The molecule has 1 aromatic heterocycles. The molecule has 1 saturated heterocycles. The van der Waals surface area contributed by atoms with Gasteiger partial charge in [-0.1, -0.05) is 23.2 Å². The number of carbonyl (C=O) groups is 1. The number of rotatable bonds is 2. The second-order valence-electron chi connectivity index (χ2n) is 6.79. The van der Waals surface area contributed by atoms with Crippen LogP contribution in [0.5, 0.6) is 0 Å². The van der Waals surface area contributed by atoms with E-state index in [4.69, 9.17) is 27.6 Å². The van der Waals surface area contributed by atoms with Crippen molar-refractivity contribution in [3.63, 3.8) is 0 Å². The van der Waals surface area contributed by atoms with Gasteiger partial charge in [-0.2, -0.15) is 0 Å². The molecule has 1 aliphatic heterocycles. The van der Waals surface area contributed by atoms with Crippen molar-refractivity contribution in [1.29, 1.82) is 0 Å². The molecule has 0 N–H and O–H groups in total. The number of amides is 1. The summed E-state index contributed by atoms with van der Waals surface area (Å²) >= 11 is 15.7. The van der Waals surface area contributed by atoms with Crippen LogP contribution in [0.25, 0.3) is 22.6 Å². The molecule has 0 radical (unpaired) electrons. The van der Waals surface area contributed by atoms with Gasteiger partial charge in [-0.05, 0) is 72.4 Å². The Morgan fingerprint density at radius 3 is 2.85 bits per heavy atom. The molecule has 7 heteroatoms. The van der Waals surface area contributed by atoms with Crippen LogP contribution in [0, 0.1) is 0 Å². The molecule has 0 aliphatic carbocycles. The van der Waals surface area contributed by atoms with E-state index in [1.54, 1.807) is 30.3 Å². The lowest BCUT2D eigenvalue weighted by molar-refractivity contribution is 0.0636. The summed E-state index contributed by atoms with van der Waals surface area (Å²) in [5, 5.41) is 0.977. The zero-order chi connectivity index (χ0) is 19.1. The Morgan fingerprint density at radius 2 is 2.07 bits per heavy atom. The predicted molar refractivity (Wildman–Crippen MR) is 112 cm³/mol. The van der Waals surface area contributed by atoms with Crippen LogP contribution in [-0.4, -0.2) is 28.4 Å². The number of piperidine rings is 1. The van der Waals surface area contributed by atoms with Gasteiger partial charge in [0.15, 0.2) is 5.58 Å².